The van der Waals surface area contributed by atoms with Crippen LogP contribution in [0.5, 0.6) is 0 Å². The van der Waals surface area contributed by atoms with Crippen molar-refractivity contribution >= 4 is 27.6 Å². The number of fused-ring (bicyclic) bond motifs is 1. The van der Waals surface area contributed by atoms with Gasteiger partial charge in [-0.1, -0.05) is 34.1 Å². The highest BCUT2D eigenvalue weighted by atomic mass is 79.9. The summed E-state index contributed by atoms with van der Waals surface area (Å²) in [5.74, 6) is 0. The Bertz CT molecular complexity index is 685. The molecular formula is C16H15BrN2O2. The lowest BCUT2D eigenvalue weighted by molar-refractivity contribution is 0.217. The van der Waals surface area contributed by atoms with Crippen LogP contribution in [0.15, 0.2) is 46.9 Å². The molecule has 1 unspecified atom stereocenters. The lowest BCUT2D eigenvalue weighted by Crippen LogP contribution is -2.35. The van der Waals surface area contributed by atoms with Crippen LogP contribution in [0.1, 0.15) is 22.8 Å². The van der Waals surface area contributed by atoms with E-state index >= 15 is 0 Å². The van der Waals surface area contributed by atoms with Gasteiger partial charge in [-0.25, -0.2) is 4.79 Å². The minimum atomic E-state index is -0.675. The number of hydrogen-bond acceptors (Lipinski definition) is 2. The van der Waals surface area contributed by atoms with Gasteiger partial charge in [-0.2, -0.15) is 0 Å². The van der Waals surface area contributed by atoms with Crippen LogP contribution in [0.4, 0.5) is 10.5 Å². The Morgan fingerprint density at radius 1 is 1.19 bits per heavy atom. The predicted octanol–water partition coefficient (Wildman–Crippen LogP) is 3.51. The van der Waals surface area contributed by atoms with Crippen LogP contribution in [0.25, 0.3) is 0 Å². The molecule has 1 heterocycles. The topological polar surface area (TPSA) is 52.6 Å². The molecule has 0 fully saturated rings. The number of rotatable bonds is 2. The number of amides is 2. The molecule has 0 aromatic heterocycles. The first-order valence-electron chi connectivity index (χ1n) is 6.63. The van der Waals surface area contributed by atoms with E-state index in [1.54, 1.807) is 11.9 Å². The van der Waals surface area contributed by atoms with Crippen LogP contribution < -0.4 is 5.32 Å². The monoisotopic (exact) mass is 346 g/mol. The van der Waals surface area contributed by atoms with Crippen LogP contribution >= 0.6 is 15.9 Å². The fourth-order valence-corrected chi connectivity index (χ4v) is 2.68. The standard InChI is InChI=1S/C16H15BrN2O2/c1-19-9-12-8-11(4-7-14(12)18-16(19)21)15(20)10-2-5-13(17)6-3-10/h2-8,15,20H,9H2,1H3,(H,18,21). The molecule has 2 aromatic carbocycles. The molecule has 2 amide bonds. The third-order valence-electron chi connectivity index (χ3n) is 3.63. The Labute approximate surface area is 131 Å². The van der Waals surface area contributed by atoms with Gasteiger partial charge in [0.1, 0.15) is 6.10 Å². The maximum Gasteiger partial charge on any atom is 0.321 e. The molecule has 1 atom stereocenters. The van der Waals surface area contributed by atoms with Gasteiger partial charge in [0.15, 0.2) is 0 Å². The number of aliphatic hydroxyl groups is 1. The Balaban J connectivity index is 1.91. The molecule has 108 valence electrons. The summed E-state index contributed by atoms with van der Waals surface area (Å²) in [4.78, 5) is 13.2. The van der Waals surface area contributed by atoms with Crippen LogP contribution in [0, 0.1) is 0 Å². The summed E-state index contributed by atoms with van der Waals surface area (Å²) in [7, 11) is 1.75. The van der Waals surface area contributed by atoms with Crippen molar-refractivity contribution in [1.29, 1.82) is 0 Å². The summed E-state index contributed by atoms with van der Waals surface area (Å²) in [5.41, 5.74) is 3.47. The molecule has 4 nitrogen and oxygen atoms in total. The zero-order valence-electron chi connectivity index (χ0n) is 11.5. The predicted molar refractivity (Wildman–Crippen MR) is 85.1 cm³/mol. The molecule has 0 saturated heterocycles. The number of nitrogens with zero attached hydrogens (tertiary/aromatic N) is 1. The summed E-state index contributed by atoms with van der Waals surface area (Å²) in [5, 5.41) is 13.3. The van der Waals surface area contributed by atoms with Crippen molar-refractivity contribution < 1.29 is 9.90 Å². The van der Waals surface area contributed by atoms with Crippen LogP contribution in [-0.4, -0.2) is 23.1 Å². The largest absolute Gasteiger partial charge is 0.384 e. The van der Waals surface area contributed by atoms with E-state index in [2.05, 4.69) is 21.2 Å². The van der Waals surface area contributed by atoms with E-state index < -0.39 is 6.10 Å². The van der Waals surface area contributed by atoms with Gasteiger partial charge in [-0.05, 0) is 41.0 Å². The molecule has 2 aromatic rings. The van der Waals surface area contributed by atoms with E-state index in [9.17, 15) is 9.90 Å². The second-order valence-corrected chi connectivity index (χ2v) is 6.07. The highest BCUT2D eigenvalue weighted by molar-refractivity contribution is 9.10. The molecule has 1 aliphatic rings. The first kappa shape index (κ1) is 14.1. The molecule has 0 bridgehead atoms. The van der Waals surface area contributed by atoms with Crippen molar-refractivity contribution in [1.82, 2.24) is 4.90 Å². The highest BCUT2D eigenvalue weighted by Crippen LogP contribution is 2.29. The van der Waals surface area contributed by atoms with Crippen molar-refractivity contribution in [2.24, 2.45) is 0 Å². The fourth-order valence-electron chi connectivity index (χ4n) is 2.41. The molecule has 0 spiro atoms. The minimum Gasteiger partial charge on any atom is -0.384 e. The smallest absolute Gasteiger partial charge is 0.321 e. The first-order chi connectivity index (χ1) is 10.0. The number of aliphatic hydroxyl groups excluding tert-OH is 1. The Hall–Kier alpha value is -1.85. The fraction of sp³-hybridized carbons (Fsp3) is 0.188. The van der Waals surface area contributed by atoms with Crippen molar-refractivity contribution in [2.45, 2.75) is 12.6 Å². The van der Waals surface area contributed by atoms with Gasteiger partial charge in [0, 0.05) is 23.8 Å². The van der Waals surface area contributed by atoms with Gasteiger partial charge >= 0.3 is 6.03 Å². The number of carbonyl (C=O) groups is 1. The van der Waals surface area contributed by atoms with Crippen molar-refractivity contribution in [3.63, 3.8) is 0 Å². The molecule has 2 N–H and O–H groups in total. The maximum absolute atomic E-state index is 11.6. The van der Waals surface area contributed by atoms with Gasteiger partial charge in [0.25, 0.3) is 0 Å². The number of carbonyl (C=O) groups excluding carboxylic acids is 1. The second-order valence-electron chi connectivity index (χ2n) is 5.16. The Morgan fingerprint density at radius 2 is 1.86 bits per heavy atom. The van der Waals surface area contributed by atoms with Gasteiger partial charge in [-0.15, -0.1) is 0 Å². The van der Waals surface area contributed by atoms with Crippen LogP contribution in [0.3, 0.4) is 0 Å². The van der Waals surface area contributed by atoms with E-state index in [1.165, 1.54) is 0 Å². The normalized spacial score (nSPS) is 15.4. The SMILES string of the molecule is CN1Cc2cc(C(O)c3ccc(Br)cc3)ccc2NC1=O. The van der Waals surface area contributed by atoms with Crippen molar-refractivity contribution in [3.8, 4) is 0 Å². The number of hydrogen-bond donors (Lipinski definition) is 2. The molecule has 0 saturated carbocycles. The summed E-state index contributed by atoms with van der Waals surface area (Å²) in [6.45, 7) is 0.544. The van der Waals surface area contributed by atoms with E-state index in [0.717, 1.165) is 26.9 Å². The van der Waals surface area contributed by atoms with E-state index in [-0.39, 0.29) is 6.03 Å². The molecule has 0 radical (unpaired) electrons. The van der Waals surface area contributed by atoms with Gasteiger partial charge in [-0.3, -0.25) is 0 Å². The van der Waals surface area contributed by atoms with Gasteiger partial charge < -0.3 is 15.3 Å². The minimum absolute atomic E-state index is 0.108. The number of urea groups is 1. The number of nitrogens with one attached hydrogen (secondary N) is 1. The lowest BCUT2D eigenvalue weighted by atomic mass is 9.98. The first-order valence-corrected chi connectivity index (χ1v) is 7.42. The van der Waals surface area contributed by atoms with E-state index in [1.807, 2.05) is 42.5 Å². The third kappa shape index (κ3) is 2.80. The zero-order chi connectivity index (χ0) is 15.0. The molecule has 1 aliphatic heterocycles. The third-order valence-corrected chi connectivity index (χ3v) is 4.16. The molecule has 0 aliphatic carbocycles. The maximum atomic E-state index is 11.6. The molecule has 21 heavy (non-hydrogen) atoms. The molecular weight excluding hydrogens is 332 g/mol. The second kappa shape index (κ2) is 5.50. The summed E-state index contributed by atoms with van der Waals surface area (Å²) in [6.07, 6.45) is -0.675. The van der Waals surface area contributed by atoms with E-state index in [0.29, 0.717) is 6.54 Å². The zero-order valence-corrected chi connectivity index (χ0v) is 13.1. The highest BCUT2D eigenvalue weighted by Gasteiger charge is 2.20. The van der Waals surface area contributed by atoms with Gasteiger partial charge in [0.05, 0.1) is 0 Å². The van der Waals surface area contributed by atoms with Crippen LogP contribution in [-0.2, 0) is 6.54 Å². The van der Waals surface area contributed by atoms with Crippen molar-refractivity contribution in [2.75, 3.05) is 12.4 Å². The quantitative estimate of drug-likeness (QED) is 0.874. The number of anilines is 1. The average molecular weight is 347 g/mol. The van der Waals surface area contributed by atoms with E-state index in [4.69, 9.17) is 0 Å². The summed E-state index contributed by atoms with van der Waals surface area (Å²) in [6, 6.07) is 13.1. The number of halogens is 1. The lowest BCUT2D eigenvalue weighted by Gasteiger charge is -2.26. The average Bonchev–Trinajstić information content (AvgIpc) is 2.48. The summed E-state index contributed by atoms with van der Waals surface area (Å²) < 4.78 is 0.980. The van der Waals surface area contributed by atoms with Crippen molar-refractivity contribution in [3.05, 3.63) is 63.6 Å². The van der Waals surface area contributed by atoms with Gasteiger partial charge in [0.2, 0.25) is 0 Å². The Morgan fingerprint density at radius 3 is 2.57 bits per heavy atom. The Kier molecular flexibility index (Phi) is 3.69. The van der Waals surface area contributed by atoms with Crippen LogP contribution in [0.2, 0.25) is 0 Å². The summed E-state index contributed by atoms with van der Waals surface area (Å²) >= 11 is 3.38. The number of benzene rings is 2. The molecule has 5 heteroatoms. The molecule has 3 rings (SSSR count).